The molecule has 2 saturated heterocycles. The van der Waals surface area contributed by atoms with Crippen molar-refractivity contribution in [3.63, 3.8) is 0 Å². The third-order valence-corrected chi connectivity index (χ3v) is 5.44. The number of nitrogens with zero attached hydrogens (tertiary/aromatic N) is 2. The molecule has 0 unspecified atom stereocenters. The fourth-order valence-corrected chi connectivity index (χ4v) is 4.01. The van der Waals surface area contributed by atoms with Crippen molar-refractivity contribution in [1.29, 1.82) is 0 Å². The molecule has 0 aromatic rings. The van der Waals surface area contributed by atoms with Crippen LogP contribution in [0, 0.1) is 0 Å². The van der Waals surface area contributed by atoms with E-state index in [4.69, 9.17) is 5.73 Å². The van der Waals surface area contributed by atoms with Crippen molar-refractivity contribution >= 4 is 17.7 Å². The Morgan fingerprint density at radius 3 is 2.55 bits per heavy atom. The molecule has 0 bridgehead atoms. The average molecular weight is 299 g/mol. The first-order valence-electron chi connectivity index (χ1n) is 7.92. The Hall–Kier alpha value is -0.260. The summed E-state index contributed by atoms with van der Waals surface area (Å²) in [6.07, 6.45) is 7.75. The zero-order valence-electron chi connectivity index (χ0n) is 12.9. The highest BCUT2D eigenvalue weighted by Crippen LogP contribution is 2.25. The second-order valence-electron chi connectivity index (χ2n) is 6.17. The topological polar surface area (TPSA) is 49.6 Å². The summed E-state index contributed by atoms with van der Waals surface area (Å²) >= 11 is 1.75. The number of piperidine rings is 1. The van der Waals surface area contributed by atoms with Gasteiger partial charge in [0.25, 0.3) is 0 Å². The number of thioether (sulfide) groups is 1. The lowest BCUT2D eigenvalue weighted by molar-refractivity contribution is -0.134. The predicted octanol–water partition coefficient (Wildman–Crippen LogP) is 1.54. The van der Waals surface area contributed by atoms with Gasteiger partial charge in [-0.1, -0.05) is 0 Å². The number of hydrogen-bond acceptors (Lipinski definition) is 4. The first kappa shape index (κ1) is 16.1. The van der Waals surface area contributed by atoms with Crippen LogP contribution >= 0.6 is 11.8 Å². The van der Waals surface area contributed by atoms with Gasteiger partial charge in [-0.05, 0) is 57.6 Å². The summed E-state index contributed by atoms with van der Waals surface area (Å²) < 4.78 is 0. The maximum Gasteiger partial charge on any atom is 0.239 e. The van der Waals surface area contributed by atoms with E-state index < -0.39 is 0 Å². The standard InChI is InChI=1S/C15H29N3OS/c1-12-4-3-8-18(12)13-5-9-17(10-6-13)15(19)14(16)7-11-20-2/h12-14H,3-11,16H2,1-2H3/t12-,14+/m1/s1. The Morgan fingerprint density at radius 2 is 2.00 bits per heavy atom. The molecule has 2 heterocycles. The number of likely N-dealkylation sites (tertiary alicyclic amines) is 2. The summed E-state index contributed by atoms with van der Waals surface area (Å²) in [6, 6.07) is 1.11. The van der Waals surface area contributed by atoms with Crippen molar-refractivity contribution in [1.82, 2.24) is 9.80 Å². The highest BCUT2D eigenvalue weighted by Gasteiger charge is 2.32. The Kier molecular flexibility index (Phi) is 6.18. The molecule has 0 aliphatic carbocycles. The minimum absolute atomic E-state index is 0.159. The molecule has 2 rings (SSSR count). The third-order valence-electron chi connectivity index (χ3n) is 4.80. The SMILES string of the molecule is CSCC[C@H](N)C(=O)N1CCC(N2CCC[C@H]2C)CC1. The fourth-order valence-electron chi connectivity index (χ4n) is 3.52. The van der Waals surface area contributed by atoms with Crippen molar-refractivity contribution in [3.05, 3.63) is 0 Å². The van der Waals surface area contributed by atoms with Crippen LogP contribution in [0.5, 0.6) is 0 Å². The molecule has 5 heteroatoms. The van der Waals surface area contributed by atoms with Gasteiger partial charge in [-0.2, -0.15) is 11.8 Å². The van der Waals surface area contributed by atoms with Gasteiger partial charge in [-0.25, -0.2) is 0 Å². The molecule has 116 valence electrons. The zero-order valence-corrected chi connectivity index (χ0v) is 13.7. The molecule has 0 aromatic heterocycles. The van der Waals surface area contributed by atoms with Crippen molar-refractivity contribution in [2.24, 2.45) is 5.73 Å². The van der Waals surface area contributed by atoms with Crippen LogP contribution in [0.1, 0.15) is 39.0 Å². The summed E-state index contributed by atoms with van der Waals surface area (Å²) in [4.78, 5) is 16.9. The van der Waals surface area contributed by atoms with E-state index >= 15 is 0 Å². The van der Waals surface area contributed by atoms with Crippen LogP contribution in [0.25, 0.3) is 0 Å². The lowest BCUT2D eigenvalue weighted by atomic mass is 10.0. The summed E-state index contributed by atoms with van der Waals surface area (Å²) in [5, 5.41) is 0. The minimum Gasteiger partial charge on any atom is -0.341 e. The van der Waals surface area contributed by atoms with Gasteiger partial charge in [-0.15, -0.1) is 0 Å². The van der Waals surface area contributed by atoms with E-state index in [-0.39, 0.29) is 11.9 Å². The quantitative estimate of drug-likeness (QED) is 0.837. The third kappa shape index (κ3) is 3.89. The minimum atomic E-state index is -0.301. The van der Waals surface area contributed by atoms with Crippen molar-refractivity contribution in [3.8, 4) is 0 Å². The van der Waals surface area contributed by atoms with Crippen molar-refractivity contribution in [2.45, 2.75) is 57.2 Å². The van der Waals surface area contributed by atoms with E-state index in [0.29, 0.717) is 6.04 Å². The van der Waals surface area contributed by atoms with E-state index in [9.17, 15) is 4.79 Å². The van der Waals surface area contributed by atoms with Crippen LogP contribution in [0.2, 0.25) is 0 Å². The molecule has 0 spiro atoms. The smallest absolute Gasteiger partial charge is 0.239 e. The van der Waals surface area contributed by atoms with E-state index in [1.807, 2.05) is 4.90 Å². The molecule has 1 amide bonds. The molecule has 4 nitrogen and oxygen atoms in total. The number of amides is 1. The van der Waals surface area contributed by atoms with Crippen LogP contribution in [-0.4, -0.2) is 65.5 Å². The zero-order chi connectivity index (χ0) is 14.5. The Bertz CT molecular complexity index is 318. The van der Waals surface area contributed by atoms with Crippen LogP contribution in [0.4, 0.5) is 0 Å². The van der Waals surface area contributed by atoms with E-state index in [2.05, 4.69) is 18.1 Å². The Labute approximate surface area is 127 Å². The first-order valence-corrected chi connectivity index (χ1v) is 9.32. The summed E-state index contributed by atoms with van der Waals surface area (Å²) in [7, 11) is 0. The second kappa shape index (κ2) is 7.66. The number of rotatable bonds is 5. The second-order valence-corrected chi connectivity index (χ2v) is 7.16. The van der Waals surface area contributed by atoms with Crippen LogP contribution in [0.3, 0.4) is 0 Å². The normalized spacial score (nSPS) is 26.9. The molecule has 20 heavy (non-hydrogen) atoms. The van der Waals surface area contributed by atoms with Gasteiger partial charge in [0.05, 0.1) is 6.04 Å². The highest BCUT2D eigenvalue weighted by atomic mass is 32.2. The maximum atomic E-state index is 12.3. The molecule has 2 N–H and O–H groups in total. The largest absolute Gasteiger partial charge is 0.341 e. The average Bonchev–Trinajstić information content (AvgIpc) is 2.90. The monoisotopic (exact) mass is 299 g/mol. The number of nitrogens with two attached hydrogens (primary N) is 1. The molecule has 2 aliphatic heterocycles. The molecule has 2 atom stereocenters. The van der Waals surface area contributed by atoms with Gasteiger partial charge >= 0.3 is 0 Å². The first-order chi connectivity index (χ1) is 9.63. The Balaban J connectivity index is 1.77. The van der Waals surface area contributed by atoms with Crippen LogP contribution in [-0.2, 0) is 4.79 Å². The maximum absolute atomic E-state index is 12.3. The summed E-state index contributed by atoms with van der Waals surface area (Å²) in [6.45, 7) is 5.36. The van der Waals surface area contributed by atoms with Crippen LogP contribution < -0.4 is 5.73 Å². The van der Waals surface area contributed by atoms with Crippen LogP contribution in [0.15, 0.2) is 0 Å². The molecular weight excluding hydrogens is 270 g/mol. The van der Waals surface area contributed by atoms with Gasteiger partial charge in [0.15, 0.2) is 0 Å². The van der Waals surface area contributed by atoms with Gasteiger partial charge in [0, 0.05) is 25.2 Å². The van der Waals surface area contributed by atoms with Gasteiger partial charge in [0.1, 0.15) is 0 Å². The molecule has 2 aliphatic rings. The number of carbonyl (C=O) groups is 1. The fraction of sp³-hybridized carbons (Fsp3) is 0.933. The van der Waals surface area contributed by atoms with Crippen molar-refractivity contribution < 1.29 is 4.79 Å². The number of hydrogen-bond donors (Lipinski definition) is 1. The van der Waals surface area contributed by atoms with E-state index in [1.165, 1.54) is 19.4 Å². The highest BCUT2D eigenvalue weighted by molar-refractivity contribution is 7.98. The molecule has 2 fully saturated rings. The molecule has 0 aromatic carbocycles. The van der Waals surface area contributed by atoms with E-state index in [0.717, 1.165) is 44.1 Å². The molecular formula is C15H29N3OS. The number of carbonyl (C=O) groups excluding carboxylic acids is 1. The van der Waals surface area contributed by atoms with Gasteiger partial charge in [0.2, 0.25) is 5.91 Å². The van der Waals surface area contributed by atoms with Gasteiger partial charge in [-0.3, -0.25) is 9.69 Å². The summed E-state index contributed by atoms with van der Waals surface area (Å²) in [5.74, 6) is 1.13. The Morgan fingerprint density at radius 1 is 1.30 bits per heavy atom. The van der Waals surface area contributed by atoms with Gasteiger partial charge < -0.3 is 10.6 Å². The lowest BCUT2D eigenvalue weighted by Gasteiger charge is -2.39. The predicted molar refractivity (Wildman–Crippen MR) is 86.0 cm³/mol. The van der Waals surface area contributed by atoms with Crippen molar-refractivity contribution in [2.75, 3.05) is 31.6 Å². The van der Waals surface area contributed by atoms with E-state index in [1.54, 1.807) is 11.8 Å². The molecule has 0 radical (unpaired) electrons. The lowest BCUT2D eigenvalue weighted by Crippen LogP contribution is -2.51. The molecule has 0 saturated carbocycles. The summed E-state index contributed by atoms with van der Waals surface area (Å²) in [5.41, 5.74) is 6.00.